The van der Waals surface area contributed by atoms with Crippen molar-refractivity contribution in [3.05, 3.63) is 0 Å². The Hall–Kier alpha value is -0.460. The SMILES string of the molecule is CNC1CCN(C(=O)[C@@H]2CSC(=O)N2)C1.Cl. The average Bonchev–Trinajstić information content (AvgIpc) is 2.84. The van der Waals surface area contributed by atoms with E-state index in [2.05, 4.69) is 10.6 Å². The van der Waals surface area contributed by atoms with Gasteiger partial charge in [0.2, 0.25) is 5.91 Å². The molecule has 7 heteroatoms. The number of amides is 2. The molecule has 2 saturated heterocycles. The zero-order chi connectivity index (χ0) is 10.8. The lowest BCUT2D eigenvalue weighted by Gasteiger charge is -2.19. The number of carbonyl (C=O) groups is 2. The van der Waals surface area contributed by atoms with Crippen LogP contribution in [0.3, 0.4) is 0 Å². The number of thioether (sulfide) groups is 1. The van der Waals surface area contributed by atoms with Crippen molar-refractivity contribution in [1.82, 2.24) is 15.5 Å². The highest BCUT2D eigenvalue weighted by Crippen LogP contribution is 2.17. The quantitative estimate of drug-likeness (QED) is 0.741. The lowest BCUT2D eigenvalue weighted by molar-refractivity contribution is -0.131. The molecule has 2 amide bonds. The molecule has 1 unspecified atom stereocenters. The second kappa shape index (κ2) is 5.75. The molecule has 16 heavy (non-hydrogen) atoms. The van der Waals surface area contributed by atoms with Gasteiger partial charge in [-0.05, 0) is 13.5 Å². The van der Waals surface area contributed by atoms with Crippen molar-refractivity contribution in [2.45, 2.75) is 18.5 Å². The number of nitrogens with zero attached hydrogens (tertiary/aromatic N) is 1. The normalized spacial score (nSPS) is 28.8. The third-order valence-corrected chi connectivity index (χ3v) is 3.76. The summed E-state index contributed by atoms with van der Waals surface area (Å²) in [5.74, 6) is 0.629. The summed E-state index contributed by atoms with van der Waals surface area (Å²) in [6.07, 6.45) is 0.996. The molecule has 2 aliphatic rings. The van der Waals surface area contributed by atoms with Gasteiger partial charge in [0.25, 0.3) is 5.24 Å². The summed E-state index contributed by atoms with van der Waals surface area (Å²) in [5, 5.41) is 5.75. The molecule has 0 aromatic carbocycles. The van der Waals surface area contributed by atoms with Crippen LogP contribution in [0.15, 0.2) is 0 Å². The molecule has 0 aromatic heterocycles. The Morgan fingerprint density at radius 2 is 2.38 bits per heavy atom. The van der Waals surface area contributed by atoms with Crippen LogP contribution < -0.4 is 10.6 Å². The molecule has 5 nitrogen and oxygen atoms in total. The molecule has 0 spiro atoms. The molecule has 2 fully saturated rings. The number of nitrogens with one attached hydrogen (secondary N) is 2. The summed E-state index contributed by atoms with van der Waals surface area (Å²) in [5.41, 5.74) is 0. The highest BCUT2D eigenvalue weighted by molar-refractivity contribution is 8.14. The predicted molar refractivity (Wildman–Crippen MR) is 66.1 cm³/mol. The van der Waals surface area contributed by atoms with Crippen molar-refractivity contribution in [1.29, 1.82) is 0 Å². The Balaban J connectivity index is 0.00000128. The number of rotatable bonds is 2. The summed E-state index contributed by atoms with van der Waals surface area (Å²) < 4.78 is 0. The fourth-order valence-electron chi connectivity index (χ4n) is 1.93. The molecule has 0 aliphatic carbocycles. The van der Waals surface area contributed by atoms with E-state index in [9.17, 15) is 9.59 Å². The van der Waals surface area contributed by atoms with Gasteiger partial charge in [-0.2, -0.15) is 0 Å². The monoisotopic (exact) mass is 265 g/mol. The molecule has 2 N–H and O–H groups in total. The molecule has 2 rings (SSSR count). The zero-order valence-electron chi connectivity index (χ0n) is 9.06. The lowest BCUT2D eigenvalue weighted by Crippen LogP contribution is -2.45. The highest BCUT2D eigenvalue weighted by atomic mass is 35.5. The molecule has 0 bridgehead atoms. The van der Waals surface area contributed by atoms with E-state index in [0.29, 0.717) is 11.8 Å². The van der Waals surface area contributed by atoms with Crippen LogP contribution in [-0.2, 0) is 4.79 Å². The molecular formula is C9H16ClN3O2S. The van der Waals surface area contributed by atoms with Crippen LogP contribution in [0.4, 0.5) is 4.79 Å². The van der Waals surface area contributed by atoms with Crippen molar-refractivity contribution >= 4 is 35.3 Å². The first-order valence-electron chi connectivity index (χ1n) is 5.10. The van der Waals surface area contributed by atoms with Gasteiger partial charge in [-0.25, -0.2) is 0 Å². The molecule has 2 aliphatic heterocycles. The minimum Gasteiger partial charge on any atom is -0.339 e. The molecular weight excluding hydrogens is 250 g/mol. The maximum Gasteiger partial charge on any atom is 0.279 e. The first-order valence-corrected chi connectivity index (χ1v) is 6.08. The van der Waals surface area contributed by atoms with E-state index in [0.717, 1.165) is 19.5 Å². The van der Waals surface area contributed by atoms with Gasteiger partial charge in [0.05, 0.1) is 0 Å². The first kappa shape index (κ1) is 13.6. The number of hydrogen-bond acceptors (Lipinski definition) is 4. The standard InChI is InChI=1S/C9H15N3O2S.ClH/c1-10-6-2-3-12(4-6)8(13)7-5-15-9(14)11-7;/h6-7,10H,2-5H2,1H3,(H,11,14);1H/t6?,7-;/m0./s1. The minimum absolute atomic E-state index is 0. The van der Waals surface area contributed by atoms with E-state index in [4.69, 9.17) is 0 Å². The molecule has 2 heterocycles. The van der Waals surface area contributed by atoms with Crippen LogP contribution in [0.1, 0.15) is 6.42 Å². The van der Waals surface area contributed by atoms with Gasteiger partial charge in [0.1, 0.15) is 6.04 Å². The Labute approximate surface area is 105 Å². The highest BCUT2D eigenvalue weighted by Gasteiger charge is 2.34. The van der Waals surface area contributed by atoms with Gasteiger partial charge in [-0.3, -0.25) is 9.59 Å². The molecule has 0 saturated carbocycles. The van der Waals surface area contributed by atoms with Gasteiger partial charge in [0.15, 0.2) is 0 Å². The van der Waals surface area contributed by atoms with Gasteiger partial charge in [-0.15, -0.1) is 12.4 Å². The summed E-state index contributed by atoms with van der Waals surface area (Å²) in [6, 6.07) is 0.0943. The summed E-state index contributed by atoms with van der Waals surface area (Å²) in [7, 11) is 1.91. The van der Waals surface area contributed by atoms with Crippen molar-refractivity contribution in [2.24, 2.45) is 0 Å². The largest absolute Gasteiger partial charge is 0.339 e. The average molecular weight is 266 g/mol. The second-order valence-electron chi connectivity index (χ2n) is 3.85. The fourth-order valence-corrected chi connectivity index (χ4v) is 2.70. The Morgan fingerprint density at radius 3 is 2.88 bits per heavy atom. The lowest BCUT2D eigenvalue weighted by atomic mass is 10.3. The van der Waals surface area contributed by atoms with Crippen LogP contribution in [0.25, 0.3) is 0 Å². The maximum absolute atomic E-state index is 11.9. The number of likely N-dealkylation sites (tertiary alicyclic amines) is 1. The summed E-state index contributed by atoms with van der Waals surface area (Å²) in [6.45, 7) is 1.55. The van der Waals surface area contributed by atoms with E-state index >= 15 is 0 Å². The van der Waals surface area contributed by atoms with Gasteiger partial charge >= 0.3 is 0 Å². The van der Waals surface area contributed by atoms with Crippen LogP contribution in [0.5, 0.6) is 0 Å². The van der Waals surface area contributed by atoms with E-state index in [1.165, 1.54) is 11.8 Å². The molecule has 2 atom stereocenters. The van der Waals surface area contributed by atoms with Crippen LogP contribution in [0.2, 0.25) is 0 Å². The van der Waals surface area contributed by atoms with Gasteiger partial charge < -0.3 is 15.5 Å². The molecule has 0 radical (unpaired) electrons. The second-order valence-corrected chi connectivity index (χ2v) is 4.85. The van der Waals surface area contributed by atoms with E-state index in [1.54, 1.807) is 0 Å². The molecule has 0 aromatic rings. The number of likely N-dealkylation sites (N-methyl/N-ethyl adjacent to an activating group) is 1. The number of carbonyl (C=O) groups excluding carboxylic acids is 2. The smallest absolute Gasteiger partial charge is 0.279 e. The van der Waals surface area contributed by atoms with E-state index in [-0.39, 0.29) is 29.6 Å². The van der Waals surface area contributed by atoms with E-state index in [1.807, 2.05) is 11.9 Å². The topological polar surface area (TPSA) is 61.4 Å². The van der Waals surface area contributed by atoms with Gasteiger partial charge in [0, 0.05) is 24.9 Å². The van der Waals surface area contributed by atoms with Crippen LogP contribution in [0, 0.1) is 0 Å². The number of halogens is 1. The predicted octanol–water partition coefficient (Wildman–Crippen LogP) is 0.0535. The first-order chi connectivity index (χ1) is 7.20. The summed E-state index contributed by atoms with van der Waals surface area (Å²) in [4.78, 5) is 24.7. The van der Waals surface area contributed by atoms with Crippen molar-refractivity contribution in [3.63, 3.8) is 0 Å². The molecule has 92 valence electrons. The Morgan fingerprint density at radius 1 is 1.62 bits per heavy atom. The Kier molecular flexibility index (Phi) is 4.89. The van der Waals surface area contributed by atoms with Crippen LogP contribution in [-0.4, -0.2) is 54.0 Å². The minimum atomic E-state index is -0.307. The van der Waals surface area contributed by atoms with Crippen molar-refractivity contribution in [2.75, 3.05) is 25.9 Å². The third-order valence-electron chi connectivity index (χ3n) is 2.88. The number of hydrogen-bond donors (Lipinski definition) is 2. The van der Waals surface area contributed by atoms with Crippen molar-refractivity contribution in [3.8, 4) is 0 Å². The fraction of sp³-hybridized carbons (Fsp3) is 0.778. The summed E-state index contributed by atoms with van der Waals surface area (Å²) >= 11 is 1.19. The van der Waals surface area contributed by atoms with Crippen LogP contribution >= 0.6 is 24.2 Å². The zero-order valence-corrected chi connectivity index (χ0v) is 10.7. The van der Waals surface area contributed by atoms with E-state index < -0.39 is 0 Å². The Bertz CT molecular complexity index is 290. The third kappa shape index (κ3) is 2.81. The van der Waals surface area contributed by atoms with Crippen molar-refractivity contribution < 1.29 is 9.59 Å². The van der Waals surface area contributed by atoms with Gasteiger partial charge in [-0.1, -0.05) is 11.8 Å². The maximum atomic E-state index is 11.9.